The Morgan fingerprint density at radius 3 is 2.63 bits per heavy atom. The zero-order valence-corrected chi connectivity index (χ0v) is 16.2. The number of carbonyl (C=O) groups excluding carboxylic acids is 1. The summed E-state index contributed by atoms with van der Waals surface area (Å²) in [7, 11) is 0. The first-order chi connectivity index (χ1) is 13.0. The number of fused-ring (bicyclic) bond motifs is 1. The van der Waals surface area contributed by atoms with Crippen molar-refractivity contribution in [1.82, 2.24) is 0 Å². The molecule has 1 unspecified atom stereocenters. The fourth-order valence-electron chi connectivity index (χ4n) is 3.01. The third-order valence-corrected chi connectivity index (χ3v) is 4.41. The number of ether oxygens (including phenoxy) is 2. The molecule has 0 saturated heterocycles. The van der Waals surface area contributed by atoms with Gasteiger partial charge in [0, 0.05) is 36.3 Å². The number of carbonyl (C=O) groups is 1. The molecule has 2 rings (SSSR count). The summed E-state index contributed by atoms with van der Waals surface area (Å²) in [6.07, 6.45) is 1.40. The highest BCUT2D eigenvalue weighted by Gasteiger charge is 2.14. The Hall–Kier alpha value is -2.76. The molecular weight excluding hydrogens is 346 g/mol. The lowest BCUT2D eigenvalue weighted by molar-refractivity contribution is 0.0385. The lowest BCUT2D eigenvalue weighted by Crippen LogP contribution is -2.21. The molecule has 1 aromatic carbocycles. The van der Waals surface area contributed by atoms with Gasteiger partial charge in [-0.15, -0.1) is 0 Å². The van der Waals surface area contributed by atoms with Gasteiger partial charge in [0.15, 0.2) is 0 Å². The van der Waals surface area contributed by atoms with Gasteiger partial charge in [-0.3, -0.25) is 0 Å². The number of nitrogens with zero attached hydrogens (tertiary/aromatic N) is 1. The maximum Gasteiger partial charge on any atom is 0.508 e. The van der Waals surface area contributed by atoms with Crippen LogP contribution in [-0.2, 0) is 15.9 Å². The molecule has 1 heterocycles. The third kappa shape index (κ3) is 5.36. The lowest BCUT2D eigenvalue weighted by atomic mass is 10.0. The Morgan fingerprint density at radius 1 is 1.26 bits per heavy atom. The molecule has 27 heavy (non-hydrogen) atoms. The fourth-order valence-corrected chi connectivity index (χ4v) is 3.01. The van der Waals surface area contributed by atoms with Crippen molar-refractivity contribution in [3.8, 4) is 0 Å². The van der Waals surface area contributed by atoms with Gasteiger partial charge in [0.05, 0.1) is 6.61 Å². The van der Waals surface area contributed by atoms with Crippen molar-refractivity contribution in [2.24, 2.45) is 0 Å². The molecule has 0 bridgehead atoms. The average Bonchev–Trinajstić information content (AvgIpc) is 2.65. The first kappa shape index (κ1) is 20.6. The minimum Gasteiger partial charge on any atom is -0.435 e. The van der Waals surface area contributed by atoms with E-state index in [9.17, 15) is 9.59 Å². The number of anilines is 1. The van der Waals surface area contributed by atoms with E-state index >= 15 is 0 Å². The summed E-state index contributed by atoms with van der Waals surface area (Å²) < 4.78 is 15.4. The first-order valence-electron chi connectivity index (χ1n) is 9.30. The van der Waals surface area contributed by atoms with Gasteiger partial charge in [0.25, 0.3) is 0 Å². The van der Waals surface area contributed by atoms with Gasteiger partial charge in [-0.25, -0.2) is 9.59 Å². The molecule has 0 aliphatic rings. The van der Waals surface area contributed by atoms with E-state index in [1.54, 1.807) is 13.0 Å². The Kier molecular flexibility index (Phi) is 7.46. The summed E-state index contributed by atoms with van der Waals surface area (Å²) in [6.45, 7) is 11.6. The van der Waals surface area contributed by atoms with Crippen LogP contribution in [-0.4, -0.2) is 32.0 Å². The van der Waals surface area contributed by atoms with Gasteiger partial charge < -0.3 is 18.8 Å². The van der Waals surface area contributed by atoms with E-state index in [0.29, 0.717) is 18.4 Å². The first-order valence-corrected chi connectivity index (χ1v) is 9.30. The van der Waals surface area contributed by atoms with E-state index in [1.807, 2.05) is 18.2 Å². The van der Waals surface area contributed by atoms with Crippen molar-refractivity contribution in [2.45, 2.75) is 39.7 Å². The second-order valence-electron chi connectivity index (χ2n) is 6.06. The van der Waals surface area contributed by atoms with Gasteiger partial charge in [0.2, 0.25) is 0 Å². The molecule has 2 aromatic rings. The standard InChI is InChI=1S/C21H27NO5/c1-5-17(26-21(24)25-8-4)11-9-15-13-20(23)27-19-14-16(10-12-18(15)19)22(6-2)7-3/h5,10,12-14,17H,1,6-9,11H2,2-4H3. The van der Waals surface area contributed by atoms with Gasteiger partial charge in [-0.2, -0.15) is 0 Å². The van der Waals surface area contributed by atoms with E-state index < -0.39 is 17.9 Å². The van der Waals surface area contributed by atoms with Crippen LogP contribution in [0.5, 0.6) is 0 Å². The highest BCUT2D eigenvalue weighted by atomic mass is 16.7. The van der Waals surface area contributed by atoms with Gasteiger partial charge >= 0.3 is 11.8 Å². The largest absolute Gasteiger partial charge is 0.508 e. The van der Waals surface area contributed by atoms with Crippen LogP contribution in [0.4, 0.5) is 10.5 Å². The highest BCUT2D eigenvalue weighted by molar-refractivity contribution is 5.83. The highest BCUT2D eigenvalue weighted by Crippen LogP contribution is 2.25. The third-order valence-electron chi connectivity index (χ3n) is 4.41. The van der Waals surface area contributed by atoms with Crippen LogP contribution in [0.2, 0.25) is 0 Å². The molecule has 0 aliphatic carbocycles. The summed E-state index contributed by atoms with van der Waals surface area (Å²) in [5.41, 5.74) is 2.04. The molecule has 6 nitrogen and oxygen atoms in total. The van der Waals surface area contributed by atoms with Crippen molar-refractivity contribution < 1.29 is 18.7 Å². The van der Waals surface area contributed by atoms with Crippen LogP contribution in [0.1, 0.15) is 32.8 Å². The van der Waals surface area contributed by atoms with Crippen LogP contribution in [0, 0.1) is 0 Å². The monoisotopic (exact) mass is 373 g/mol. The molecule has 0 fully saturated rings. The second kappa shape index (κ2) is 9.80. The van der Waals surface area contributed by atoms with Crippen molar-refractivity contribution in [3.63, 3.8) is 0 Å². The summed E-state index contributed by atoms with van der Waals surface area (Å²) in [4.78, 5) is 25.7. The Morgan fingerprint density at radius 2 is 2.00 bits per heavy atom. The van der Waals surface area contributed by atoms with E-state index in [4.69, 9.17) is 13.9 Å². The zero-order chi connectivity index (χ0) is 19.8. The van der Waals surface area contributed by atoms with E-state index in [0.717, 1.165) is 29.7 Å². The number of benzene rings is 1. The Balaban J connectivity index is 2.23. The molecule has 0 N–H and O–H groups in total. The second-order valence-corrected chi connectivity index (χ2v) is 6.06. The predicted molar refractivity (Wildman–Crippen MR) is 106 cm³/mol. The van der Waals surface area contributed by atoms with Gasteiger partial charge in [-0.05, 0) is 51.3 Å². The lowest BCUT2D eigenvalue weighted by Gasteiger charge is -2.21. The number of hydrogen-bond acceptors (Lipinski definition) is 6. The summed E-state index contributed by atoms with van der Waals surface area (Å²) >= 11 is 0. The molecule has 1 aromatic heterocycles. The van der Waals surface area contributed by atoms with Crippen molar-refractivity contribution >= 4 is 22.8 Å². The van der Waals surface area contributed by atoms with Crippen molar-refractivity contribution in [3.05, 3.63) is 52.9 Å². The van der Waals surface area contributed by atoms with Crippen molar-refractivity contribution in [1.29, 1.82) is 0 Å². The van der Waals surface area contributed by atoms with E-state index in [-0.39, 0.29) is 6.61 Å². The maximum atomic E-state index is 12.0. The molecular formula is C21H27NO5. The normalized spacial score (nSPS) is 11.8. The van der Waals surface area contributed by atoms with Gasteiger partial charge in [-0.1, -0.05) is 12.7 Å². The smallest absolute Gasteiger partial charge is 0.435 e. The molecule has 1 atom stereocenters. The maximum absolute atomic E-state index is 12.0. The van der Waals surface area contributed by atoms with Crippen molar-refractivity contribution in [2.75, 3.05) is 24.6 Å². The topological polar surface area (TPSA) is 69.0 Å². The summed E-state index contributed by atoms with van der Waals surface area (Å²) in [5, 5.41) is 0.879. The molecule has 6 heteroatoms. The Labute approximate surface area is 159 Å². The summed E-state index contributed by atoms with van der Waals surface area (Å²) in [6, 6.07) is 7.38. The number of hydrogen-bond donors (Lipinski definition) is 0. The number of rotatable bonds is 9. The fraction of sp³-hybridized carbons (Fsp3) is 0.429. The number of aryl methyl sites for hydroxylation is 1. The molecule has 0 amide bonds. The SMILES string of the molecule is C=CC(CCc1cc(=O)oc2cc(N(CC)CC)ccc12)OC(=O)OCC. The van der Waals surface area contributed by atoms with E-state index in [2.05, 4.69) is 25.3 Å². The van der Waals surface area contributed by atoms with Gasteiger partial charge in [0.1, 0.15) is 11.7 Å². The van der Waals surface area contributed by atoms with Crippen LogP contribution in [0.15, 0.2) is 46.1 Å². The van der Waals surface area contributed by atoms with Crippen LogP contribution in [0.3, 0.4) is 0 Å². The molecule has 0 radical (unpaired) electrons. The van der Waals surface area contributed by atoms with E-state index in [1.165, 1.54) is 6.07 Å². The molecule has 146 valence electrons. The average molecular weight is 373 g/mol. The Bertz CT molecular complexity index is 838. The minimum atomic E-state index is -0.719. The van der Waals surface area contributed by atoms with Crippen LogP contribution < -0.4 is 10.5 Å². The molecule has 0 spiro atoms. The predicted octanol–water partition coefficient (Wildman–Crippen LogP) is 4.30. The molecule has 0 saturated carbocycles. The van der Waals surface area contributed by atoms with Crippen LogP contribution in [0.25, 0.3) is 11.0 Å². The molecule has 0 aliphatic heterocycles. The minimum absolute atomic E-state index is 0.252. The summed E-state index contributed by atoms with van der Waals surface area (Å²) in [5.74, 6) is 0. The van der Waals surface area contributed by atoms with Crippen LogP contribution >= 0.6 is 0 Å². The quantitative estimate of drug-likeness (QED) is 0.371. The zero-order valence-electron chi connectivity index (χ0n) is 16.2.